The number of hydrogen-bond acceptors (Lipinski definition) is 2. The van der Waals surface area contributed by atoms with E-state index in [-0.39, 0.29) is 17.6 Å². The van der Waals surface area contributed by atoms with E-state index in [4.69, 9.17) is 4.74 Å². The van der Waals surface area contributed by atoms with Gasteiger partial charge < -0.3 is 9.64 Å². The second-order valence-corrected chi connectivity index (χ2v) is 6.83. The zero-order chi connectivity index (χ0) is 19.4. The maximum Gasteiger partial charge on any atom is 0.416 e. The zero-order valence-corrected chi connectivity index (χ0v) is 15.1. The molecule has 1 atom stereocenters. The van der Waals surface area contributed by atoms with E-state index < -0.39 is 11.7 Å². The van der Waals surface area contributed by atoms with Gasteiger partial charge in [-0.1, -0.05) is 30.3 Å². The smallest absolute Gasteiger partial charge is 0.372 e. The van der Waals surface area contributed by atoms with Crippen molar-refractivity contribution in [2.75, 3.05) is 13.1 Å². The van der Waals surface area contributed by atoms with Crippen LogP contribution in [0.1, 0.15) is 39.9 Å². The standard InChI is InChI=1S/C21H22F3NO2/c1-15-6-2-3-7-17(15)14-27-19-10-5-11-25(13-19)20(26)16-8-4-9-18(12-16)21(22,23)24/h2-4,6-9,12,19H,5,10-11,13-14H2,1H3. The molecule has 1 amide bonds. The average Bonchev–Trinajstić information content (AvgIpc) is 2.66. The summed E-state index contributed by atoms with van der Waals surface area (Å²) < 4.78 is 44.6. The van der Waals surface area contributed by atoms with Crippen LogP contribution in [0.15, 0.2) is 48.5 Å². The van der Waals surface area contributed by atoms with E-state index in [2.05, 4.69) is 0 Å². The van der Waals surface area contributed by atoms with E-state index in [9.17, 15) is 18.0 Å². The van der Waals surface area contributed by atoms with Gasteiger partial charge in [0.25, 0.3) is 5.91 Å². The molecule has 0 saturated carbocycles. The van der Waals surface area contributed by atoms with E-state index in [1.807, 2.05) is 31.2 Å². The number of halogens is 3. The fourth-order valence-corrected chi connectivity index (χ4v) is 3.25. The van der Waals surface area contributed by atoms with Gasteiger partial charge in [0.15, 0.2) is 0 Å². The molecule has 2 aromatic rings. The lowest BCUT2D eigenvalue weighted by atomic mass is 10.0. The molecule has 1 fully saturated rings. The maximum absolute atomic E-state index is 12.9. The molecule has 0 aromatic heterocycles. The van der Waals surface area contributed by atoms with E-state index >= 15 is 0 Å². The quantitative estimate of drug-likeness (QED) is 0.763. The Morgan fingerprint density at radius 3 is 2.70 bits per heavy atom. The number of carbonyl (C=O) groups is 1. The minimum absolute atomic E-state index is 0.0596. The van der Waals surface area contributed by atoms with Crippen molar-refractivity contribution in [3.05, 3.63) is 70.8 Å². The van der Waals surface area contributed by atoms with Gasteiger partial charge in [-0.3, -0.25) is 4.79 Å². The number of likely N-dealkylation sites (tertiary alicyclic amines) is 1. The van der Waals surface area contributed by atoms with E-state index in [0.29, 0.717) is 19.7 Å². The summed E-state index contributed by atoms with van der Waals surface area (Å²) in [7, 11) is 0. The number of piperidine rings is 1. The molecular weight excluding hydrogens is 355 g/mol. The number of nitrogens with zero attached hydrogens (tertiary/aromatic N) is 1. The second-order valence-electron chi connectivity index (χ2n) is 6.83. The van der Waals surface area contributed by atoms with Crippen LogP contribution in [-0.4, -0.2) is 30.0 Å². The fraction of sp³-hybridized carbons (Fsp3) is 0.381. The van der Waals surface area contributed by atoms with Crippen LogP contribution in [-0.2, 0) is 17.5 Å². The first-order chi connectivity index (χ1) is 12.8. The minimum Gasteiger partial charge on any atom is -0.372 e. The highest BCUT2D eigenvalue weighted by molar-refractivity contribution is 5.94. The Balaban J connectivity index is 1.64. The molecule has 144 valence electrons. The van der Waals surface area contributed by atoms with Crippen molar-refractivity contribution < 1.29 is 22.7 Å². The van der Waals surface area contributed by atoms with Gasteiger partial charge in [0.05, 0.1) is 18.3 Å². The molecule has 3 nitrogen and oxygen atoms in total. The molecule has 0 radical (unpaired) electrons. The summed E-state index contributed by atoms with van der Waals surface area (Å²) in [6.07, 6.45) is -2.98. The first-order valence-electron chi connectivity index (χ1n) is 8.97. The van der Waals surface area contributed by atoms with Crippen molar-refractivity contribution in [2.24, 2.45) is 0 Å². The van der Waals surface area contributed by atoms with Crippen LogP contribution < -0.4 is 0 Å². The molecular formula is C21H22F3NO2. The largest absolute Gasteiger partial charge is 0.416 e. The van der Waals surface area contributed by atoms with Gasteiger partial charge in [-0.25, -0.2) is 0 Å². The molecule has 6 heteroatoms. The van der Waals surface area contributed by atoms with Crippen LogP contribution in [0.5, 0.6) is 0 Å². The molecule has 1 heterocycles. The number of benzene rings is 2. The summed E-state index contributed by atoms with van der Waals surface area (Å²) in [5, 5.41) is 0. The van der Waals surface area contributed by atoms with Gasteiger partial charge in [0.2, 0.25) is 0 Å². The lowest BCUT2D eigenvalue weighted by Crippen LogP contribution is -2.43. The van der Waals surface area contributed by atoms with Crippen molar-refractivity contribution >= 4 is 5.91 Å². The lowest BCUT2D eigenvalue weighted by molar-refractivity contribution is -0.137. The van der Waals surface area contributed by atoms with Crippen molar-refractivity contribution in [2.45, 2.75) is 38.7 Å². The fourth-order valence-electron chi connectivity index (χ4n) is 3.25. The molecule has 0 spiro atoms. The summed E-state index contributed by atoms with van der Waals surface area (Å²) in [4.78, 5) is 14.2. The van der Waals surface area contributed by atoms with Crippen LogP contribution in [0.25, 0.3) is 0 Å². The number of alkyl halides is 3. The summed E-state index contributed by atoms with van der Waals surface area (Å²) in [5.41, 5.74) is 1.49. The molecule has 0 N–H and O–H groups in total. The number of carbonyl (C=O) groups excluding carboxylic acids is 1. The molecule has 27 heavy (non-hydrogen) atoms. The Bertz CT molecular complexity index is 804. The van der Waals surface area contributed by atoms with Crippen LogP contribution in [0, 0.1) is 6.92 Å². The van der Waals surface area contributed by atoms with Crippen LogP contribution in [0.4, 0.5) is 13.2 Å². The topological polar surface area (TPSA) is 29.5 Å². The molecule has 2 aromatic carbocycles. The third kappa shape index (κ3) is 4.89. The van der Waals surface area contributed by atoms with Gasteiger partial charge in [-0.2, -0.15) is 13.2 Å². The van der Waals surface area contributed by atoms with Crippen molar-refractivity contribution in [3.63, 3.8) is 0 Å². The average molecular weight is 377 g/mol. The minimum atomic E-state index is -4.46. The normalized spacial score (nSPS) is 17.8. The van der Waals surface area contributed by atoms with Crippen LogP contribution in [0.2, 0.25) is 0 Å². The Hall–Kier alpha value is -2.34. The van der Waals surface area contributed by atoms with Crippen molar-refractivity contribution in [3.8, 4) is 0 Å². The van der Waals surface area contributed by atoms with Gasteiger partial charge in [0.1, 0.15) is 0 Å². The number of ether oxygens (including phenoxy) is 1. The van der Waals surface area contributed by atoms with Gasteiger partial charge in [-0.15, -0.1) is 0 Å². The Labute approximate surface area is 156 Å². The molecule has 0 bridgehead atoms. The number of rotatable bonds is 4. The lowest BCUT2D eigenvalue weighted by Gasteiger charge is -2.33. The van der Waals surface area contributed by atoms with E-state index in [1.54, 1.807) is 4.90 Å². The highest BCUT2D eigenvalue weighted by Gasteiger charge is 2.32. The Morgan fingerprint density at radius 1 is 1.19 bits per heavy atom. The monoisotopic (exact) mass is 377 g/mol. The predicted octanol–water partition coefficient (Wildman–Crippen LogP) is 4.84. The summed E-state index contributed by atoms with van der Waals surface area (Å²) in [6, 6.07) is 12.5. The second kappa shape index (κ2) is 8.13. The van der Waals surface area contributed by atoms with Gasteiger partial charge >= 0.3 is 6.18 Å². The van der Waals surface area contributed by atoms with E-state index in [1.165, 1.54) is 12.1 Å². The van der Waals surface area contributed by atoms with Crippen molar-refractivity contribution in [1.29, 1.82) is 0 Å². The number of hydrogen-bond donors (Lipinski definition) is 0. The zero-order valence-electron chi connectivity index (χ0n) is 15.1. The first-order valence-corrected chi connectivity index (χ1v) is 8.97. The SMILES string of the molecule is Cc1ccccc1COC1CCCN(C(=O)c2cccc(C(F)(F)F)c2)C1. The van der Waals surface area contributed by atoms with Gasteiger partial charge in [-0.05, 0) is 49.1 Å². The maximum atomic E-state index is 12.9. The Kier molecular flexibility index (Phi) is 5.85. The summed E-state index contributed by atoms with van der Waals surface area (Å²) >= 11 is 0. The third-order valence-electron chi connectivity index (χ3n) is 4.84. The highest BCUT2D eigenvalue weighted by atomic mass is 19.4. The molecule has 3 rings (SSSR count). The van der Waals surface area contributed by atoms with Gasteiger partial charge in [0, 0.05) is 18.7 Å². The molecule has 1 unspecified atom stereocenters. The number of amides is 1. The summed E-state index contributed by atoms with van der Waals surface area (Å²) in [6.45, 7) is 3.40. The van der Waals surface area contributed by atoms with Crippen molar-refractivity contribution in [1.82, 2.24) is 4.90 Å². The highest BCUT2D eigenvalue weighted by Crippen LogP contribution is 2.30. The first kappa shape index (κ1) is 19.4. The third-order valence-corrected chi connectivity index (χ3v) is 4.84. The van der Waals surface area contributed by atoms with Crippen LogP contribution >= 0.6 is 0 Å². The Morgan fingerprint density at radius 2 is 1.96 bits per heavy atom. The number of aryl methyl sites for hydroxylation is 1. The van der Waals surface area contributed by atoms with E-state index in [0.717, 1.165) is 36.1 Å². The van der Waals surface area contributed by atoms with Crippen LogP contribution in [0.3, 0.4) is 0 Å². The predicted molar refractivity (Wildman–Crippen MR) is 96.3 cm³/mol. The summed E-state index contributed by atoms with van der Waals surface area (Å²) in [5.74, 6) is -0.384. The molecule has 1 aliphatic heterocycles. The molecule has 1 aliphatic rings. The molecule has 1 saturated heterocycles. The molecule has 0 aliphatic carbocycles.